The van der Waals surface area contributed by atoms with Gasteiger partial charge < -0.3 is 9.13 Å². The van der Waals surface area contributed by atoms with Crippen molar-refractivity contribution in [2.75, 3.05) is 0 Å². The van der Waals surface area contributed by atoms with Crippen molar-refractivity contribution in [3.8, 4) is 22.3 Å². The molecule has 0 saturated heterocycles. The minimum Gasteiger partial charge on any atom is -0.309 e. The lowest BCUT2D eigenvalue weighted by Crippen LogP contribution is -2.25. The summed E-state index contributed by atoms with van der Waals surface area (Å²) < 4.78 is 31.4. The van der Waals surface area contributed by atoms with Gasteiger partial charge in [-0.2, -0.15) is 0 Å². The van der Waals surface area contributed by atoms with Crippen molar-refractivity contribution in [1.29, 1.82) is 0 Å². The molecule has 0 aliphatic heterocycles. The van der Waals surface area contributed by atoms with Crippen LogP contribution in [0.25, 0.3) is 43.8 Å². The van der Waals surface area contributed by atoms with Gasteiger partial charge in [0.2, 0.25) is 0 Å². The second-order valence-electron chi connectivity index (χ2n) is 13.5. The van der Waals surface area contributed by atoms with E-state index in [1.165, 1.54) is 0 Å². The van der Waals surface area contributed by atoms with Gasteiger partial charge in [-0.15, -0.1) is 0 Å². The first-order chi connectivity index (χ1) is 26.6. The molecule has 0 heterocycles. The molecule has 0 fully saturated rings. The van der Waals surface area contributed by atoms with Crippen molar-refractivity contribution in [2.24, 2.45) is 0 Å². The van der Waals surface area contributed by atoms with E-state index in [1.54, 1.807) is 0 Å². The van der Waals surface area contributed by atoms with E-state index in [9.17, 15) is 0 Å². The van der Waals surface area contributed by atoms with Gasteiger partial charge in [0.15, 0.2) is 14.3 Å². The Hall–Kier alpha value is -6.04. The Balaban J connectivity index is 1.42. The summed E-state index contributed by atoms with van der Waals surface area (Å²) in [6.45, 7) is 0. The fourth-order valence-corrected chi connectivity index (χ4v) is 13.2. The molecular weight excluding hydrogens is 694 g/mol. The number of hydrogen-bond acceptors (Lipinski definition) is 2. The maximum absolute atomic E-state index is 15.7. The van der Waals surface area contributed by atoms with Gasteiger partial charge in [0.25, 0.3) is 0 Å². The molecule has 0 aliphatic rings. The molecule has 0 unspecified atom stereocenters. The number of benzene rings is 9. The molecule has 0 saturated carbocycles. The lowest BCUT2D eigenvalue weighted by Gasteiger charge is -2.24. The van der Waals surface area contributed by atoms with E-state index in [1.807, 2.05) is 146 Å². The molecule has 9 rings (SSSR count). The summed E-state index contributed by atoms with van der Waals surface area (Å²) >= 11 is 0. The summed E-state index contributed by atoms with van der Waals surface area (Å²) in [5.41, 5.74) is 4.19. The predicted molar refractivity (Wildman–Crippen MR) is 231 cm³/mol. The summed E-state index contributed by atoms with van der Waals surface area (Å²) in [6, 6.07) is 73.0. The fourth-order valence-electron chi connectivity index (χ4n) is 7.86. The molecule has 258 valence electrons. The van der Waals surface area contributed by atoms with Crippen LogP contribution in [-0.2, 0) is 9.13 Å². The third kappa shape index (κ3) is 5.67. The maximum Gasteiger partial charge on any atom is 0.171 e. The molecule has 0 bridgehead atoms. The Kier molecular flexibility index (Phi) is 8.80. The first-order valence-corrected chi connectivity index (χ1v) is 21.6. The van der Waals surface area contributed by atoms with Crippen LogP contribution in [0.2, 0.25) is 0 Å². The first-order valence-electron chi connectivity index (χ1n) is 18.1. The standard InChI is InChI=1S/C50H36O2P2/c51-53(39-23-11-3-12-24-39,40-25-13-4-14-26-40)43-31-33-45-46-34-32-44(54(52,41-27-15-5-16-28-41)42-29-17-6-18-30-42)36-48(46)50(38-21-9-2-10-22-38)49(47(45)35-43)37-19-7-1-8-20-37/h1-36H. The minimum absolute atomic E-state index is 0.775. The minimum atomic E-state index is -3.27. The van der Waals surface area contributed by atoms with E-state index in [0.29, 0.717) is 0 Å². The molecule has 0 aliphatic carbocycles. The van der Waals surface area contributed by atoms with Gasteiger partial charge in [-0.25, -0.2) is 0 Å². The molecule has 0 radical (unpaired) electrons. The van der Waals surface area contributed by atoms with Crippen molar-refractivity contribution < 1.29 is 9.13 Å². The SMILES string of the molecule is O=P(c1ccccc1)(c1ccccc1)c1ccc2c(c1)c(-c1ccccc1)c(-c1ccccc1)c1cc(P(=O)(c3ccccc3)c3ccccc3)ccc12. The lowest BCUT2D eigenvalue weighted by molar-refractivity contribution is 0.591. The van der Waals surface area contributed by atoms with Crippen molar-refractivity contribution >= 4 is 67.7 Å². The molecule has 54 heavy (non-hydrogen) atoms. The van der Waals surface area contributed by atoms with E-state index in [-0.39, 0.29) is 0 Å². The molecule has 0 N–H and O–H groups in total. The third-order valence-corrected chi connectivity index (χ3v) is 16.5. The predicted octanol–water partition coefficient (Wildman–Crippen LogP) is 10.6. The number of rotatable bonds is 8. The summed E-state index contributed by atoms with van der Waals surface area (Å²) in [4.78, 5) is 0. The van der Waals surface area contributed by atoms with Gasteiger partial charge >= 0.3 is 0 Å². The average molecular weight is 731 g/mol. The van der Waals surface area contributed by atoms with E-state index in [2.05, 4.69) is 72.8 Å². The summed E-state index contributed by atoms with van der Waals surface area (Å²) in [5.74, 6) is 0. The van der Waals surface area contributed by atoms with Crippen LogP contribution >= 0.6 is 14.3 Å². The second-order valence-corrected chi connectivity index (χ2v) is 19.0. The molecule has 0 amide bonds. The Morgan fingerprint density at radius 3 is 0.778 bits per heavy atom. The Labute approximate surface area is 316 Å². The topological polar surface area (TPSA) is 34.1 Å². The van der Waals surface area contributed by atoms with Gasteiger partial charge in [-0.05, 0) is 55.9 Å². The Morgan fingerprint density at radius 1 is 0.241 bits per heavy atom. The number of fused-ring (bicyclic) bond motifs is 3. The molecule has 2 nitrogen and oxygen atoms in total. The first kappa shape index (κ1) is 33.8. The maximum atomic E-state index is 15.7. The highest BCUT2D eigenvalue weighted by Crippen LogP contribution is 2.49. The highest BCUT2D eigenvalue weighted by Gasteiger charge is 2.33. The highest BCUT2D eigenvalue weighted by molar-refractivity contribution is 7.85. The molecule has 0 spiro atoms. The smallest absolute Gasteiger partial charge is 0.171 e. The normalized spacial score (nSPS) is 11.9. The largest absolute Gasteiger partial charge is 0.309 e. The van der Waals surface area contributed by atoms with Crippen molar-refractivity contribution in [1.82, 2.24) is 0 Å². The zero-order chi connectivity index (χ0) is 36.5. The Bertz CT molecular complexity index is 2560. The van der Waals surface area contributed by atoms with Crippen LogP contribution < -0.4 is 31.8 Å². The van der Waals surface area contributed by atoms with Crippen LogP contribution in [0.5, 0.6) is 0 Å². The van der Waals surface area contributed by atoms with Crippen LogP contribution in [-0.4, -0.2) is 0 Å². The van der Waals surface area contributed by atoms with Crippen LogP contribution in [0, 0.1) is 0 Å². The summed E-state index contributed by atoms with van der Waals surface area (Å²) in [7, 11) is -6.55. The van der Waals surface area contributed by atoms with Crippen LogP contribution in [0.3, 0.4) is 0 Å². The van der Waals surface area contributed by atoms with Gasteiger partial charge in [-0.1, -0.05) is 206 Å². The van der Waals surface area contributed by atoms with E-state index >= 15 is 9.13 Å². The van der Waals surface area contributed by atoms with Crippen molar-refractivity contribution in [2.45, 2.75) is 0 Å². The fraction of sp³-hybridized carbons (Fsp3) is 0. The zero-order valence-electron chi connectivity index (χ0n) is 29.5. The monoisotopic (exact) mass is 730 g/mol. The molecule has 0 aromatic heterocycles. The Morgan fingerprint density at radius 2 is 0.500 bits per heavy atom. The van der Waals surface area contributed by atoms with E-state index in [0.717, 1.165) is 75.6 Å². The quantitative estimate of drug-likeness (QED) is 0.115. The summed E-state index contributed by atoms with van der Waals surface area (Å²) in [5, 5.41) is 8.84. The molecule has 0 atom stereocenters. The van der Waals surface area contributed by atoms with Gasteiger partial charge in [0.1, 0.15) is 0 Å². The van der Waals surface area contributed by atoms with Crippen LogP contribution in [0.1, 0.15) is 0 Å². The lowest BCUT2D eigenvalue weighted by atomic mass is 9.85. The number of hydrogen-bond donors (Lipinski definition) is 0. The average Bonchev–Trinajstić information content (AvgIpc) is 3.26. The van der Waals surface area contributed by atoms with E-state index in [4.69, 9.17) is 0 Å². The second kappa shape index (κ2) is 14.1. The van der Waals surface area contributed by atoms with Gasteiger partial charge in [0, 0.05) is 31.8 Å². The molecule has 9 aromatic rings. The van der Waals surface area contributed by atoms with Gasteiger partial charge in [0.05, 0.1) is 0 Å². The third-order valence-electron chi connectivity index (χ3n) is 10.4. The highest BCUT2D eigenvalue weighted by atomic mass is 31.2. The van der Waals surface area contributed by atoms with Crippen LogP contribution in [0.15, 0.2) is 218 Å². The van der Waals surface area contributed by atoms with Gasteiger partial charge in [-0.3, -0.25) is 0 Å². The molecule has 9 aromatic carbocycles. The molecular formula is C50H36O2P2. The summed E-state index contributed by atoms with van der Waals surface area (Å²) in [6.07, 6.45) is 0. The molecule has 4 heteroatoms. The zero-order valence-corrected chi connectivity index (χ0v) is 31.3. The van der Waals surface area contributed by atoms with Crippen molar-refractivity contribution in [3.63, 3.8) is 0 Å². The van der Waals surface area contributed by atoms with E-state index < -0.39 is 14.3 Å². The van der Waals surface area contributed by atoms with Crippen LogP contribution in [0.4, 0.5) is 0 Å². The van der Waals surface area contributed by atoms with Crippen molar-refractivity contribution in [3.05, 3.63) is 218 Å².